The normalized spacial score (nSPS) is 11.3. The zero-order valence-electron chi connectivity index (χ0n) is 15.2. The molecular formula is C21H19Cl2NO5. The van der Waals surface area contributed by atoms with E-state index in [1.54, 1.807) is 0 Å². The molecule has 6 nitrogen and oxygen atoms in total. The van der Waals surface area contributed by atoms with Crippen molar-refractivity contribution >= 4 is 45.9 Å². The molecule has 3 rings (SSSR count). The van der Waals surface area contributed by atoms with E-state index in [9.17, 15) is 0 Å². The van der Waals surface area contributed by atoms with Crippen LogP contribution in [0.1, 0.15) is 18.0 Å². The minimum Gasteiger partial charge on any atom is -0.491 e. The summed E-state index contributed by atoms with van der Waals surface area (Å²) < 4.78 is 5.93. The number of aliphatic carboxylic acids is 2. The van der Waals surface area contributed by atoms with E-state index in [-0.39, 0.29) is 6.04 Å². The number of ether oxygens (including phenoxy) is 1. The molecule has 0 bridgehead atoms. The SMILES string of the molecule is NC(CCOc1c(Cl)ccc2ccccc12)c1ccc(Cl)cc1.O=C(O)C(=O)O. The standard InChI is InChI=1S/C19H17Cl2NO.C2H2O4/c20-15-8-5-14(6-9-15)18(22)11-12-23-19-16-4-2-1-3-13(16)7-10-17(19)21;3-1(4)2(5)6/h1-10,18H,11-12,22H2;(H,3,4)(H,5,6). The summed E-state index contributed by atoms with van der Waals surface area (Å²) >= 11 is 12.2. The number of hydrogen-bond donors (Lipinski definition) is 3. The summed E-state index contributed by atoms with van der Waals surface area (Å²) in [5.41, 5.74) is 7.25. The molecule has 0 heterocycles. The number of nitrogens with two attached hydrogens (primary N) is 1. The minimum absolute atomic E-state index is 0.0963. The molecule has 4 N–H and O–H groups in total. The largest absolute Gasteiger partial charge is 0.491 e. The van der Waals surface area contributed by atoms with Gasteiger partial charge in [0.25, 0.3) is 0 Å². The van der Waals surface area contributed by atoms with Gasteiger partial charge in [-0.05, 0) is 29.1 Å². The van der Waals surface area contributed by atoms with Gasteiger partial charge in [0.1, 0.15) is 5.75 Å². The first-order valence-corrected chi connectivity index (χ1v) is 9.32. The summed E-state index contributed by atoms with van der Waals surface area (Å²) in [5, 5.41) is 18.2. The minimum atomic E-state index is -1.82. The van der Waals surface area contributed by atoms with Crippen molar-refractivity contribution in [3.8, 4) is 5.75 Å². The van der Waals surface area contributed by atoms with Gasteiger partial charge in [-0.3, -0.25) is 0 Å². The molecule has 0 saturated carbocycles. The summed E-state index contributed by atoms with van der Waals surface area (Å²) in [6.07, 6.45) is 0.696. The number of rotatable bonds is 5. The lowest BCUT2D eigenvalue weighted by atomic mass is 10.1. The molecule has 0 saturated heterocycles. The molecule has 1 unspecified atom stereocenters. The smallest absolute Gasteiger partial charge is 0.414 e. The number of carbonyl (C=O) groups is 2. The van der Waals surface area contributed by atoms with E-state index in [0.29, 0.717) is 28.8 Å². The third kappa shape index (κ3) is 6.64. The predicted octanol–water partition coefficient (Wildman–Crippen LogP) is 4.77. The van der Waals surface area contributed by atoms with Gasteiger partial charge in [-0.25, -0.2) is 9.59 Å². The topological polar surface area (TPSA) is 110 Å². The first-order chi connectivity index (χ1) is 13.8. The lowest BCUT2D eigenvalue weighted by Gasteiger charge is -2.15. The number of fused-ring (bicyclic) bond motifs is 1. The fraction of sp³-hybridized carbons (Fsp3) is 0.143. The summed E-state index contributed by atoms with van der Waals surface area (Å²) in [4.78, 5) is 18.2. The average molecular weight is 436 g/mol. The highest BCUT2D eigenvalue weighted by atomic mass is 35.5. The zero-order valence-corrected chi connectivity index (χ0v) is 16.7. The van der Waals surface area contributed by atoms with Crippen LogP contribution in [0.25, 0.3) is 10.8 Å². The van der Waals surface area contributed by atoms with Crippen molar-refractivity contribution in [1.29, 1.82) is 0 Å². The third-order valence-corrected chi connectivity index (χ3v) is 4.54. The van der Waals surface area contributed by atoms with Crippen LogP contribution >= 0.6 is 23.2 Å². The van der Waals surface area contributed by atoms with Crippen molar-refractivity contribution in [3.63, 3.8) is 0 Å². The molecule has 0 aliphatic heterocycles. The summed E-state index contributed by atoms with van der Waals surface area (Å²) in [5.74, 6) is -2.93. The highest BCUT2D eigenvalue weighted by Crippen LogP contribution is 2.33. The van der Waals surface area contributed by atoms with E-state index in [1.807, 2.05) is 60.7 Å². The van der Waals surface area contributed by atoms with Crippen LogP contribution < -0.4 is 10.5 Å². The fourth-order valence-electron chi connectivity index (χ4n) is 2.53. The van der Waals surface area contributed by atoms with Gasteiger partial charge in [-0.15, -0.1) is 0 Å². The quantitative estimate of drug-likeness (QED) is 0.497. The maximum Gasteiger partial charge on any atom is 0.414 e. The molecule has 29 heavy (non-hydrogen) atoms. The van der Waals surface area contributed by atoms with Gasteiger partial charge in [0.05, 0.1) is 11.6 Å². The molecule has 0 fully saturated rings. The Morgan fingerprint density at radius 1 is 0.931 bits per heavy atom. The van der Waals surface area contributed by atoms with Crippen LogP contribution in [0.5, 0.6) is 5.75 Å². The van der Waals surface area contributed by atoms with Crippen molar-refractivity contribution < 1.29 is 24.5 Å². The summed E-state index contributed by atoms with van der Waals surface area (Å²) in [6, 6.07) is 19.4. The van der Waals surface area contributed by atoms with Crippen molar-refractivity contribution in [1.82, 2.24) is 0 Å². The van der Waals surface area contributed by atoms with Crippen molar-refractivity contribution in [2.75, 3.05) is 6.61 Å². The van der Waals surface area contributed by atoms with Gasteiger partial charge in [-0.2, -0.15) is 0 Å². The number of benzene rings is 3. The van der Waals surface area contributed by atoms with Crippen molar-refractivity contribution in [2.24, 2.45) is 5.73 Å². The van der Waals surface area contributed by atoms with E-state index in [4.69, 9.17) is 53.5 Å². The van der Waals surface area contributed by atoms with E-state index >= 15 is 0 Å². The molecule has 0 aromatic heterocycles. The van der Waals surface area contributed by atoms with Crippen molar-refractivity contribution in [3.05, 3.63) is 76.3 Å². The van der Waals surface area contributed by atoms with Gasteiger partial charge < -0.3 is 20.7 Å². The van der Waals surface area contributed by atoms with Gasteiger partial charge in [-0.1, -0.05) is 65.7 Å². The molecule has 152 valence electrons. The lowest BCUT2D eigenvalue weighted by Crippen LogP contribution is -2.14. The van der Waals surface area contributed by atoms with Crippen LogP contribution in [-0.4, -0.2) is 28.8 Å². The lowest BCUT2D eigenvalue weighted by molar-refractivity contribution is -0.159. The van der Waals surface area contributed by atoms with Crippen LogP contribution in [0.3, 0.4) is 0 Å². The van der Waals surface area contributed by atoms with E-state index < -0.39 is 11.9 Å². The maximum absolute atomic E-state index is 9.10. The van der Waals surface area contributed by atoms with Crippen LogP contribution in [0.15, 0.2) is 60.7 Å². The van der Waals surface area contributed by atoms with Crippen molar-refractivity contribution in [2.45, 2.75) is 12.5 Å². The van der Waals surface area contributed by atoms with Crippen LogP contribution in [0, 0.1) is 0 Å². The second-order valence-electron chi connectivity index (χ2n) is 6.00. The van der Waals surface area contributed by atoms with Gasteiger partial charge in [0, 0.05) is 22.9 Å². The number of carboxylic acids is 2. The summed E-state index contributed by atoms with van der Waals surface area (Å²) in [7, 11) is 0. The molecule has 0 amide bonds. The maximum atomic E-state index is 9.10. The van der Waals surface area contributed by atoms with Crippen LogP contribution in [-0.2, 0) is 9.59 Å². The van der Waals surface area contributed by atoms with E-state index in [0.717, 1.165) is 16.3 Å². The Labute approximate surface area is 177 Å². The average Bonchev–Trinajstić information content (AvgIpc) is 2.70. The second kappa shape index (κ2) is 10.7. The van der Waals surface area contributed by atoms with Crippen LogP contribution in [0.4, 0.5) is 0 Å². The Hall–Kier alpha value is -2.80. The highest BCUT2D eigenvalue weighted by Gasteiger charge is 2.10. The zero-order chi connectivity index (χ0) is 21.4. The molecule has 8 heteroatoms. The third-order valence-electron chi connectivity index (χ3n) is 3.99. The predicted molar refractivity (Wildman–Crippen MR) is 113 cm³/mol. The first kappa shape index (κ1) is 22.5. The first-order valence-electron chi connectivity index (χ1n) is 8.57. The molecule has 0 spiro atoms. The number of carboxylic acid groups (broad SMARTS) is 2. The Kier molecular flexibility index (Phi) is 8.27. The van der Waals surface area contributed by atoms with Crippen LogP contribution in [0.2, 0.25) is 10.0 Å². The molecule has 3 aromatic carbocycles. The molecule has 0 aliphatic carbocycles. The molecular weight excluding hydrogens is 417 g/mol. The van der Waals surface area contributed by atoms with E-state index in [2.05, 4.69) is 0 Å². The van der Waals surface area contributed by atoms with Gasteiger partial charge >= 0.3 is 11.9 Å². The monoisotopic (exact) mass is 435 g/mol. The van der Waals surface area contributed by atoms with E-state index in [1.165, 1.54) is 0 Å². The Morgan fingerprint density at radius 3 is 2.17 bits per heavy atom. The number of halogens is 2. The molecule has 1 atom stereocenters. The Bertz CT molecular complexity index is 980. The highest BCUT2D eigenvalue weighted by molar-refractivity contribution is 6.33. The fourth-order valence-corrected chi connectivity index (χ4v) is 2.87. The Balaban J connectivity index is 0.000000438. The van der Waals surface area contributed by atoms with Gasteiger partial charge in [0.15, 0.2) is 0 Å². The van der Waals surface area contributed by atoms with Gasteiger partial charge in [0.2, 0.25) is 0 Å². The molecule has 0 radical (unpaired) electrons. The Morgan fingerprint density at radius 2 is 1.55 bits per heavy atom. The number of hydrogen-bond acceptors (Lipinski definition) is 4. The molecule has 3 aromatic rings. The second-order valence-corrected chi connectivity index (χ2v) is 6.85. The summed E-state index contributed by atoms with van der Waals surface area (Å²) in [6.45, 7) is 0.498. The molecule has 0 aliphatic rings.